The van der Waals surface area contributed by atoms with Crippen molar-refractivity contribution in [1.82, 2.24) is 10.3 Å². The van der Waals surface area contributed by atoms with Crippen LogP contribution in [0.15, 0.2) is 42.7 Å². The molecule has 0 fully saturated rings. The summed E-state index contributed by atoms with van der Waals surface area (Å²) < 4.78 is 0. The van der Waals surface area contributed by atoms with Crippen LogP contribution >= 0.6 is 11.6 Å². The van der Waals surface area contributed by atoms with Crippen molar-refractivity contribution in [2.75, 3.05) is 7.05 Å². The summed E-state index contributed by atoms with van der Waals surface area (Å²) in [5.41, 5.74) is 3.45. The first-order valence-electron chi connectivity index (χ1n) is 5.14. The predicted molar refractivity (Wildman–Crippen MR) is 67.4 cm³/mol. The van der Waals surface area contributed by atoms with Crippen LogP contribution in [0.2, 0.25) is 5.02 Å². The van der Waals surface area contributed by atoms with E-state index in [1.807, 2.05) is 43.6 Å². The molecule has 0 saturated carbocycles. The molecule has 0 aliphatic heterocycles. The molecule has 2 rings (SSSR count). The van der Waals surface area contributed by atoms with Crippen LogP contribution in [-0.4, -0.2) is 12.0 Å². The summed E-state index contributed by atoms with van der Waals surface area (Å²) in [5.74, 6) is 0. The molecule has 16 heavy (non-hydrogen) atoms. The maximum atomic E-state index is 6.03. The first kappa shape index (κ1) is 11.1. The number of nitrogens with zero attached hydrogens (tertiary/aromatic N) is 1. The lowest BCUT2D eigenvalue weighted by Crippen LogP contribution is -2.06. The molecule has 0 bridgehead atoms. The largest absolute Gasteiger partial charge is 0.316 e. The van der Waals surface area contributed by atoms with Crippen molar-refractivity contribution in [3.05, 3.63) is 53.3 Å². The monoisotopic (exact) mass is 232 g/mol. The van der Waals surface area contributed by atoms with Crippen molar-refractivity contribution in [2.45, 2.75) is 6.54 Å². The average Bonchev–Trinajstić information content (AvgIpc) is 2.33. The molecule has 1 N–H and O–H groups in total. The number of rotatable bonds is 3. The van der Waals surface area contributed by atoms with Crippen LogP contribution in [0.25, 0.3) is 11.1 Å². The normalized spacial score (nSPS) is 10.4. The fourth-order valence-electron chi connectivity index (χ4n) is 1.68. The van der Waals surface area contributed by atoms with Crippen LogP contribution in [0.4, 0.5) is 0 Å². The topological polar surface area (TPSA) is 24.9 Å². The van der Waals surface area contributed by atoms with Crippen LogP contribution in [-0.2, 0) is 6.54 Å². The molecule has 0 saturated heterocycles. The molecule has 0 atom stereocenters. The van der Waals surface area contributed by atoms with E-state index in [2.05, 4.69) is 10.3 Å². The Labute approximate surface area is 100 Å². The molecule has 0 amide bonds. The van der Waals surface area contributed by atoms with Gasteiger partial charge in [0, 0.05) is 29.5 Å². The van der Waals surface area contributed by atoms with E-state index in [-0.39, 0.29) is 0 Å². The van der Waals surface area contributed by atoms with Crippen LogP contribution in [0.3, 0.4) is 0 Å². The molecular weight excluding hydrogens is 220 g/mol. The lowest BCUT2D eigenvalue weighted by Gasteiger charge is -2.09. The molecule has 2 nitrogen and oxygen atoms in total. The third kappa shape index (κ3) is 2.40. The highest BCUT2D eigenvalue weighted by Gasteiger charge is 2.05. The highest BCUT2D eigenvalue weighted by atomic mass is 35.5. The fourth-order valence-corrected chi connectivity index (χ4v) is 1.86. The van der Waals surface area contributed by atoms with Gasteiger partial charge in [0.2, 0.25) is 0 Å². The molecule has 3 heteroatoms. The Morgan fingerprint density at radius 3 is 2.88 bits per heavy atom. The number of aromatic nitrogens is 1. The van der Waals surface area contributed by atoms with Crippen molar-refractivity contribution < 1.29 is 0 Å². The van der Waals surface area contributed by atoms with Crippen molar-refractivity contribution in [3.8, 4) is 11.1 Å². The molecule has 0 unspecified atom stereocenters. The second-order valence-corrected chi connectivity index (χ2v) is 4.01. The summed E-state index contributed by atoms with van der Waals surface area (Å²) in [4.78, 5) is 4.13. The predicted octanol–water partition coefficient (Wildman–Crippen LogP) is 3.12. The Morgan fingerprint density at radius 1 is 1.31 bits per heavy atom. The number of benzene rings is 1. The summed E-state index contributed by atoms with van der Waals surface area (Å²) in [5, 5.41) is 3.90. The Balaban J connectivity index is 2.49. The molecule has 2 aromatic rings. The minimum absolute atomic E-state index is 0.749. The molecule has 1 aromatic heterocycles. The number of halogens is 1. The van der Waals surface area contributed by atoms with E-state index in [1.54, 1.807) is 6.20 Å². The third-order valence-corrected chi connectivity index (χ3v) is 2.65. The minimum atomic E-state index is 0.749. The summed E-state index contributed by atoms with van der Waals surface area (Å²) >= 11 is 6.03. The van der Waals surface area contributed by atoms with Gasteiger partial charge >= 0.3 is 0 Å². The van der Waals surface area contributed by atoms with E-state index in [4.69, 9.17) is 11.6 Å². The molecule has 0 aliphatic rings. The van der Waals surface area contributed by atoms with Gasteiger partial charge in [-0.05, 0) is 36.4 Å². The number of hydrogen-bond acceptors (Lipinski definition) is 2. The van der Waals surface area contributed by atoms with Gasteiger partial charge in [0.25, 0.3) is 0 Å². The van der Waals surface area contributed by atoms with E-state index in [0.717, 1.165) is 22.7 Å². The standard InChI is InChI=1S/C13H13ClN2/c1-15-8-11-4-5-12(14)7-13(11)10-3-2-6-16-9-10/h2-7,9,15H,8H2,1H3. The molecular formula is C13H13ClN2. The second kappa shape index (κ2) is 5.10. The average molecular weight is 233 g/mol. The van der Waals surface area contributed by atoms with E-state index < -0.39 is 0 Å². The van der Waals surface area contributed by atoms with Gasteiger partial charge in [-0.25, -0.2) is 0 Å². The lowest BCUT2D eigenvalue weighted by molar-refractivity contribution is 0.819. The fraction of sp³-hybridized carbons (Fsp3) is 0.154. The summed E-state index contributed by atoms with van der Waals surface area (Å²) in [6.07, 6.45) is 3.62. The summed E-state index contributed by atoms with van der Waals surface area (Å²) in [7, 11) is 1.93. The third-order valence-electron chi connectivity index (χ3n) is 2.41. The van der Waals surface area contributed by atoms with Gasteiger partial charge in [-0.1, -0.05) is 23.7 Å². The van der Waals surface area contributed by atoms with E-state index in [1.165, 1.54) is 5.56 Å². The zero-order chi connectivity index (χ0) is 11.4. The molecule has 0 radical (unpaired) electrons. The molecule has 1 heterocycles. The van der Waals surface area contributed by atoms with Gasteiger partial charge in [0.1, 0.15) is 0 Å². The first-order valence-corrected chi connectivity index (χ1v) is 5.52. The van der Waals surface area contributed by atoms with Crippen molar-refractivity contribution in [1.29, 1.82) is 0 Å². The van der Waals surface area contributed by atoms with Gasteiger partial charge < -0.3 is 5.32 Å². The van der Waals surface area contributed by atoms with Gasteiger partial charge in [0.15, 0.2) is 0 Å². The Morgan fingerprint density at radius 2 is 2.19 bits per heavy atom. The first-order chi connectivity index (χ1) is 7.81. The smallest absolute Gasteiger partial charge is 0.0412 e. The van der Waals surface area contributed by atoms with Gasteiger partial charge in [-0.2, -0.15) is 0 Å². The van der Waals surface area contributed by atoms with E-state index in [0.29, 0.717) is 0 Å². The second-order valence-electron chi connectivity index (χ2n) is 3.57. The number of nitrogens with one attached hydrogen (secondary N) is 1. The van der Waals surface area contributed by atoms with E-state index >= 15 is 0 Å². The summed E-state index contributed by atoms with van der Waals surface area (Å²) in [6.45, 7) is 0.821. The maximum Gasteiger partial charge on any atom is 0.0412 e. The SMILES string of the molecule is CNCc1ccc(Cl)cc1-c1cccnc1. The number of pyridine rings is 1. The zero-order valence-electron chi connectivity index (χ0n) is 9.07. The zero-order valence-corrected chi connectivity index (χ0v) is 9.83. The van der Waals surface area contributed by atoms with Crippen LogP contribution in [0, 0.1) is 0 Å². The lowest BCUT2D eigenvalue weighted by atomic mass is 10.0. The Kier molecular flexibility index (Phi) is 3.54. The quantitative estimate of drug-likeness (QED) is 0.880. The Bertz CT molecular complexity index is 469. The van der Waals surface area contributed by atoms with Gasteiger partial charge in [0.05, 0.1) is 0 Å². The van der Waals surface area contributed by atoms with Crippen molar-refractivity contribution >= 4 is 11.6 Å². The maximum absolute atomic E-state index is 6.03. The van der Waals surface area contributed by atoms with Gasteiger partial charge in [-0.15, -0.1) is 0 Å². The molecule has 0 aliphatic carbocycles. The summed E-state index contributed by atoms with van der Waals surface area (Å²) in [6, 6.07) is 9.90. The van der Waals surface area contributed by atoms with Crippen LogP contribution in [0.5, 0.6) is 0 Å². The van der Waals surface area contributed by atoms with Gasteiger partial charge in [-0.3, -0.25) is 4.98 Å². The Hall–Kier alpha value is -1.38. The van der Waals surface area contributed by atoms with Crippen LogP contribution < -0.4 is 5.32 Å². The van der Waals surface area contributed by atoms with Crippen molar-refractivity contribution in [3.63, 3.8) is 0 Å². The van der Waals surface area contributed by atoms with Crippen molar-refractivity contribution in [2.24, 2.45) is 0 Å². The minimum Gasteiger partial charge on any atom is -0.316 e. The molecule has 82 valence electrons. The highest BCUT2D eigenvalue weighted by Crippen LogP contribution is 2.26. The molecule has 0 spiro atoms. The highest BCUT2D eigenvalue weighted by molar-refractivity contribution is 6.30. The van der Waals surface area contributed by atoms with Crippen LogP contribution in [0.1, 0.15) is 5.56 Å². The molecule has 1 aromatic carbocycles. The van der Waals surface area contributed by atoms with E-state index in [9.17, 15) is 0 Å². The number of hydrogen-bond donors (Lipinski definition) is 1.